The minimum absolute atomic E-state index is 0.0959. The normalized spacial score (nSPS) is 16.7. The maximum atomic E-state index is 5.92. The molecule has 3 heteroatoms. The Bertz CT molecular complexity index is 374. The fourth-order valence-corrected chi connectivity index (χ4v) is 2.19. The molecule has 0 aliphatic carbocycles. The number of para-hydroxylation sites is 1. The third-order valence-electron chi connectivity index (χ3n) is 2.60. The maximum absolute atomic E-state index is 5.92. The average molecular weight is 238 g/mol. The molecule has 1 aliphatic heterocycles. The van der Waals surface area contributed by atoms with Gasteiger partial charge in [0.05, 0.1) is 6.61 Å². The SMILES string of the molecule is CSCCOc1cccc2c1OC(C)(C)C2. The van der Waals surface area contributed by atoms with E-state index in [2.05, 4.69) is 26.2 Å². The highest BCUT2D eigenvalue weighted by atomic mass is 32.2. The highest BCUT2D eigenvalue weighted by Gasteiger charge is 2.32. The summed E-state index contributed by atoms with van der Waals surface area (Å²) in [6.07, 6.45) is 3.04. The van der Waals surface area contributed by atoms with E-state index in [-0.39, 0.29) is 5.60 Å². The number of thioether (sulfide) groups is 1. The highest BCUT2D eigenvalue weighted by molar-refractivity contribution is 7.98. The Balaban J connectivity index is 2.14. The van der Waals surface area contributed by atoms with Gasteiger partial charge in [-0.15, -0.1) is 0 Å². The van der Waals surface area contributed by atoms with Gasteiger partial charge in [0.1, 0.15) is 5.60 Å². The molecule has 2 nitrogen and oxygen atoms in total. The van der Waals surface area contributed by atoms with Crippen LogP contribution in [0.5, 0.6) is 11.5 Å². The highest BCUT2D eigenvalue weighted by Crippen LogP contribution is 2.41. The van der Waals surface area contributed by atoms with Gasteiger partial charge >= 0.3 is 0 Å². The summed E-state index contributed by atoms with van der Waals surface area (Å²) in [5, 5.41) is 0. The van der Waals surface area contributed by atoms with Gasteiger partial charge in [-0.25, -0.2) is 0 Å². The first-order chi connectivity index (χ1) is 7.62. The van der Waals surface area contributed by atoms with E-state index in [1.807, 2.05) is 12.1 Å². The summed E-state index contributed by atoms with van der Waals surface area (Å²) in [5.41, 5.74) is 1.16. The Morgan fingerprint density at radius 1 is 1.44 bits per heavy atom. The summed E-state index contributed by atoms with van der Waals surface area (Å²) in [4.78, 5) is 0. The molecular formula is C13H18O2S. The molecule has 0 saturated heterocycles. The van der Waals surface area contributed by atoms with Crippen LogP contribution in [0.1, 0.15) is 19.4 Å². The molecule has 0 atom stereocenters. The van der Waals surface area contributed by atoms with E-state index < -0.39 is 0 Å². The van der Waals surface area contributed by atoms with Gasteiger partial charge in [-0.1, -0.05) is 12.1 Å². The largest absolute Gasteiger partial charge is 0.489 e. The van der Waals surface area contributed by atoms with Crippen molar-refractivity contribution >= 4 is 11.8 Å². The molecule has 1 aromatic carbocycles. The molecule has 0 N–H and O–H groups in total. The van der Waals surface area contributed by atoms with Crippen LogP contribution in [0, 0.1) is 0 Å². The fraction of sp³-hybridized carbons (Fsp3) is 0.538. The van der Waals surface area contributed by atoms with Crippen molar-refractivity contribution in [3.63, 3.8) is 0 Å². The Morgan fingerprint density at radius 2 is 2.25 bits per heavy atom. The van der Waals surface area contributed by atoms with Gasteiger partial charge < -0.3 is 9.47 Å². The summed E-state index contributed by atoms with van der Waals surface area (Å²) >= 11 is 1.79. The molecule has 88 valence electrons. The van der Waals surface area contributed by atoms with E-state index >= 15 is 0 Å². The molecule has 0 aromatic heterocycles. The van der Waals surface area contributed by atoms with Crippen LogP contribution < -0.4 is 9.47 Å². The summed E-state index contributed by atoms with van der Waals surface area (Å²) in [6.45, 7) is 4.96. The molecule has 2 rings (SSSR count). The smallest absolute Gasteiger partial charge is 0.165 e. The second kappa shape index (κ2) is 4.58. The van der Waals surface area contributed by atoms with Crippen LogP contribution in [0.4, 0.5) is 0 Å². The minimum Gasteiger partial charge on any atom is -0.489 e. The van der Waals surface area contributed by atoms with Gasteiger partial charge in [0.25, 0.3) is 0 Å². The molecule has 0 amide bonds. The topological polar surface area (TPSA) is 18.5 Å². The number of benzene rings is 1. The Morgan fingerprint density at radius 3 is 3.00 bits per heavy atom. The van der Waals surface area contributed by atoms with E-state index in [1.165, 1.54) is 5.56 Å². The molecular weight excluding hydrogens is 220 g/mol. The average Bonchev–Trinajstić information content (AvgIpc) is 2.53. The lowest BCUT2D eigenvalue weighted by molar-refractivity contribution is 0.132. The number of hydrogen-bond acceptors (Lipinski definition) is 3. The van der Waals surface area contributed by atoms with Crippen LogP contribution in [-0.4, -0.2) is 24.2 Å². The quantitative estimate of drug-likeness (QED) is 0.751. The van der Waals surface area contributed by atoms with Crippen LogP contribution in [-0.2, 0) is 6.42 Å². The van der Waals surface area contributed by atoms with Crippen molar-refractivity contribution in [2.24, 2.45) is 0 Å². The number of ether oxygens (including phenoxy) is 2. The lowest BCUT2D eigenvalue weighted by Gasteiger charge is -2.18. The van der Waals surface area contributed by atoms with Gasteiger partial charge in [0.15, 0.2) is 11.5 Å². The molecule has 16 heavy (non-hydrogen) atoms. The van der Waals surface area contributed by atoms with Crippen molar-refractivity contribution in [2.45, 2.75) is 25.9 Å². The molecule has 0 unspecified atom stereocenters. The summed E-state index contributed by atoms with van der Waals surface area (Å²) in [6, 6.07) is 6.14. The van der Waals surface area contributed by atoms with Crippen LogP contribution in [0.2, 0.25) is 0 Å². The zero-order valence-electron chi connectivity index (χ0n) is 10.1. The molecule has 0 spiro atoms. The van der Waals surface area contributed by atoms with Crippen molar-refractivity contribution in [1.29, 1.82) is 0 Å². The Hall–Kier alpha value is -0.830. The van der Waals surface area contributed by atoms with Crippen LogP contribution in [0.3, 0.4) is 0 Å². The summed E-state index contributed by atoms with van der Waals surface area (Å²) < 4.78 is 11.7. The second-order valence-electron chi connectivity index (χ2n) is 4.62. The van der Waals surface area contributed by atoms with E-state index in [0.29, 0.717) is 0 Å². The van der Waals surface area contributed by atoms with E-state index in [0.717, 1.165) is 30.3 Å². The number of fused-ring (bicyclic) bond motifs is 1. The number of rotatable bonds is 4. The van der Waals surface area contributed by atoms with Crippen LogP contribution >= 0.6 is 11.8 Å². The van der Waals surface area contributed by atoms with Gasteiger partial charge in [-0.2, -0.15) is 11.8 Å². The van der Waals surface area contributed by atoms with Gasteiger partial charge in [-0.05, 0) is 26.2 Å². The molecule has 0 saturated carbocycles. The predicted molar refractivity (Wildman–Crippen MR) is 68.7 cm³/mol. The molecule has 0 bridgehead atoms. The van der Waals surface area contributed by atoms with Crippen molar-refractivity contribution in [2.75, 3.05) is 18.6 Å². The third kappa shape index (κ3) is 2.46. The van der Waals surface area contributed by atoms with Gasteiger partial charge in [-0.3, -0.25) is 0 Å². The lowest BCUT2D eigenvalue weighted by atomic mass is 10.0. The van der Waals surface area contributed by atoms with E-state index in [9.17, 15) is 0 Å². The Kier molecular flexibility index (Phi) is 3.33. The zero-order chi connectivity index (χ0) is 11.6. The minimum atomic E-state index is -0.0959. The first-order valence-corrected chi connectivity index (χ1v) is 6.94. The van der Waals surface area contributed by atoms with Crippen molar-refractivity contribution in [3.8, 4) is 11.5 Å². The maximum Gasteiger partial charge on any atom is 0.165 e. The molecule has 1 aromatic rings. The van der Waals surface area contributed by atoms with Crippen molar-refractivity contribution in [1.82, 2.24) is 0 Å². The van der Waals surface area contributed by atoms with E-state index in [1.54, 1.807) is 11.8 Å². The first kappa shape index (κ1) is 11.6. The zero-order valence-corrected chi connectivity index (χ0v) is 10.9. The fourth-order valence-electron chi connectivity index (χ4n) is 1.94. The summed E-state index contributed by atoms with van der Waals surface area (Å²) in [5.74, 6) is 2.83. The molecule has 1 heterocycles. The molecule has 0 radical (unpaired) electrons. The molecule has 1 aliphatic rings. The monoisotopic (exact) mass is 238 g/mol. The standard InChI is InChI=1S/C13H18O2S/c1-13(2)9-10-5-4-6-11(12(10)15-13)14-7-8-16-3/h4-6H,7-9H2,1-3H3. The lowest BCUT2D eigenvalue weighted by Crippen LogP contribution is -2.24. The first-order valence-electron chi connectivity index (χ1n) is 5.55. The van der Waals surface area contributed by atoms with Crippen LogP contribution in [0.15, 0.2) is 18.2 Å². The predicted octanol–water partition coefficient (Wildman–Crippen LogP) is 3.14. The summed E-state index contributed by atoms with van der Waals surface area (Å²) in [7, 11) is 0. The van der Waals surface area contributed by atoms with Gasteiger partial charge in [0.2, 0.25) is 0 Å². The Labute approximate surface area is 101 Å². The third-order valence-corrected chi connectivity index (χ3v) is 3.17. The molecule has 0 fully saturated rings. The van der Waals surface area contributed by atoms with Crippen molar-refractivity contribution < 1.29 is 9.47 Å². The van der Waals surface area contributed by atoms with E-state index in [4.69, 9.17) is 9.47 Å². The second-order valence-corrected chi connectivity index (χ2v) is 5.61. The van der Waals surface area contributed by atoms with Gasteiger partial charge in [0, 0.05) is 17.7 Å². The van der Waals surface area contributed by atoms with Crippen LogP contribution in [0.25, 0.3) is 0 Å². The number of hydrogen-bond donors (Lipinski definition) is 0. The van der Waals surface area contributed by atoms with Crippen molar-refractivity contribution in [3.05, 3.63) is 23.8 Å².